The van der Waals surface area contributed by atoms with Crippen molar-refractivity contribution < 1.29 is 4.39 Å². The summed E-state index contributed by atoms with van der Waals surface area (Å²) >= 11 is 6.54. The molecule has 0 fully saturated rings. The molecule has 0 aromatic heterocycles. The molecule has 23 heavy (non-hydrogen) atoms. The maximum Gasteiger partial charge on any atom is 0.123 e. The lowest BCUT2D eigenvalue weighted by atomic mass is 10.1. The first-order chi connectivity index (χ1) is 10.9. The molecular formula is C18H21ClFN3. The van der Waals surface area contributed by atoms with E-state index in [1.807, 2.05) is 43.0 Å². The summed E-state index contributed by atoms with van der Waals surface area (Å²) in [6.07, 6.45) is 1.77. The topological polar surface area (TPSA) is 18.8 Å². The van der Waals surface area contributed by atoms with Gasteiger partial charge in [0.05, 0.1) is 22.7 Å². The number of benzene rings is 2. The number of hydrogen-bond acceptors (Lipinski definition) is 2. The summed E-state index contributed by atoms with van der Waals surface area (Å²) in [7, 11) is 3.86. The molecule has 0 aliphatic rings. The van der Waals surface area contributed by atoms with Crippen molar-refractivity contribution in [3.05, 3.63) is 52.8 Å². The van der Waals surface area contributed by atoms with Gasteiger partial charge in [-0.2, -0.15) is 0 Å². The van der Waals surface area contributed by atoms with E-state index < -0.39 is 0 Å². The van der Waals surface area contributed by atoms with E-state index in [4.69, 9.17) is 11.6 Å². The summed E-state index contributed by atoms with van der Waals surface area (Å²) in [5.41, 5.74) is 3.48. The van der Waals surface area contributed by atoms with Crippen molar-refractivity contribution in [2.75, 3.05) is 25.5 Å². The number of rotatable bonds is 5. The van der Waals surface area contributed by atoms with Crippen LogP contribution in [0.4, 0.5) is 21.5 Å². The molecule has 0 saturated heterocycles. The summed E-state index contributed by atoms with van der Waals surface area (Å²) < 4.78 is 13.1. The maximum absolute atomic E-state index is 13.1. The van der Waals surface area contributed by atoms with Gasteiger partial charge in [0.1, 0.15) is 5.82 Å². The second-order valence-electron chi connectivity index (χ2n) is 5.47. The average molecular weight is 334 g/mol. The van der Waals surface area contributed by atoms with Crippen molar-refractivity contribution in [1.82, 2.24) is 4.90 Å². The second kappa shape index (κ2) is 7.47. The smallest absolute Gasteiger partial charge is 0.123 e. The van der Waals surface area contributed by atoms with Crippen LogP contribution in [0.2, 0.25) is 5.02 Å². The van der Waals surface area contributed by atoms with Gasteiger partial charge in [-0.1, -0.05) is 11.6 Å². The first-order valence-electron chi connectivity index (χ1n) is 7.46. The molecule has 0 spiro atoms. The number of aryl methyl sites for hydroxylation is 1. The molecule has 0 radical (unpaired) electrons. The number of anilines is 2. The van der Waals surface area contributed by atoms with Crippen molar-refractivity contribution in [1.29, 1.82) is 0 Å². The van der Waals surface area contributed by atoms with Crippen molar-refractivity contribution >= 4 is 35.0 Å². The van der Waals surface area contributed by atoms with Crippen LogP contribution in [-0.2, 0) is 0 Å². The predicted octanol–water partition coefficient (Wildman–Crippen LogP) is 5.17. The molecule has 0 heterocycles. The fourth-order valence-corrected chi connectivity index (χ4v) is 2.40. The minimum Gasteiger partial charge on any atom is -0.366 e. The summed E-state index contributed by atoms with van der Waals surface area (Å²) in [6, 6.07) is 10.3. The lowest BCUT2D eigenvalue weighted by molar-refractivity contribution is 0.552. The zero-order valence-electron chi connectivity index (χ0n) is 13.8. The van der Waals surface area contributed by atoms with Crippen LogP contribution in [0.15, 0.2) is 41.4 Å². The standard InChI is InChI=1S/C18H21ClFN3/c1-5-22(3)12-21-16-10-13(2)11-17(18(16)19)23(4)15-8-6-14(20)7-9-15/h6-12H,5H2,1-4H3/b21-12-. The minimum atomic E-state index is -0.259. The Morgan fingerprint density at radius 2 is 1.83 bits per heavy atom. The maximum atomic E-state index is 13.1. The molecule has 0 N–H and O–H groups in total. The SMILES string of the molecule is CCN(C)/C=N\c1cc(C)cc(N(C)c2ccc(F)cc2)c1Cl. The Kier molecular flexibility index (Phi) is 5.61. The van der Waals surface area contributed by atoms with Crippen molar-refractivity contribution in [2.45, 2.75) is 13.8 Å². The van der Waals surface area contributed by atoms with E-state index in [-0.39, 0.29) is 5.82 Å². The normalized spacial score (nSPS) is 11.0. The van der Waals surface area contributed by atoms with E-state index in [1.54, 1.807) is 18.5 Å². The third kappa shape index (κ3) is 4.23. The summed E-state index contributed by atoms with van der Waals surface area (Å²) in [5.74, 6) is -0.259. The van der Waals surface area contributed by atoms with Gasteiger partial charge in [-0.05, 0) is 55.8 Å². The number of nitrogens with zero attached hydrogens (tertiary/aromatic N) is 3. The van der Waals surface area contributed by atoms with E-state index in [0.29, 0.717) is 5.02 Å². The van der Waals surface area contributed by atoms with Gasteiger partial charge in [0.15, 0.2) is 0 Å². The molecule has 2 aromatic rings. The minimum absolute atomic E-state index is 0.259. The van der Waals surface area contributed by atoms with E-state index in [2.05, 4.69) is 11.9 Å². The fourth-order valence-electron chi connectivity index (χ4n) is 2.12. The molecule has 2 aromatic carbocycles. The van der Waals surface area contributed by atoms with Crippen molar-refractivity contribution in [3.63, 3.8) is 0 Å². The predicted molar refractivity (Wildman–Crippen MR) is 97.1 cm³/mol. The van der Waals surface area contributed by atoms with Crippen LogP contribution < -0.4 is 4.90 Å². The number of hydrogen-bond donors (Lipinski definition) is 0. The van der Waals surface area contributed by atoms with Gasteiger partial charge >= 0.3 is 0 Å². The summed E-state index contributed by atoms with van der Waals surface area (Å²) in [5, 5.41) is 0.572. The third-order valence-electron chi connectivity index (χ3n) is 3.65. The van der Waals surface area contributed by atoms with Gasteiger partial charge in [0.2, 0.25) is 0 Å². The largest absolute Gasteiger partial charge is 0.366 e. The fraction of sp³-hybridized carbons (Fsp3) is 0.278. The second-order valence-corrected chi connectivity index (χ2v) is 5.85. The Hall–Kier alpha value is -2.07. The van der Waals surface area contributed by atoms with Gasteiger partial charge in [-0.3, -0.25) is 0 Å². The zero-order valence-corrected chi connectivity index (χ0v) is 14.6. The molecule has 122 valence electrons. The lowest BCUT2D eigenvalue weighted by Crippen LogP contribution is -2.14. The molecule has 0 saturated carbocycles. The van der Waals surface area contributed by atoms with Crippen LogP contribution >= 0.6 is 11.6 Å². The Morgan fingerprint density at radius 1 is 1.17 bits per heavy atom. The Morgan fingerprint density at radius 3 is 2.43 bits per heavy atom. The molecule has 0 bridgehead atoms. The highest BCUT2D eigenvalue weighted by atomic mass is 35.5. The van der Waals surface area contributed by atoms with E-state index >= 15 is 0 Å². The van der Waals surface area contributed by atoms with Gasteiger partial charge in [-0.15, -0.1) is 0 Å². The van der Waals surface area contributed by atoms with Crippen LogP contribution in [0, 0.1) is 12.7 Å². The number of aliphatic imine (C=N–C) groups is 1. The lowest BCUT2D eigenvalue weighted by Gasteiger charge is -2.22. The number of halogens is 2. The van der Waals surface area contributed by atoms with E-state index in [0.717, 1.165) is 29.2 Å². The Bertz CT molecular complexity index is 698. The molecular weight excluding hydrogens is 313 g/mol. The highest BCUT2D eigenvalue weighted by Crippen LogP contribution is 2.38. The van der Waals surface area contributed by atoms with Crippen LogP contribution in [0.3, 0.4) is 0 Å². The molecule has 0 atom stereocenters. The summed E-state index contributed by atoms with van der Waals surface area (Å²) in [6.45, 7) is 4.92. The average Bonchev–Trinajstić information content (AvgIpc) is 2.55. The molecule has 0 unspecified atom stereocenters. The molecule has 0 aliphatic carbocycles. The van der Waals surface area contributed by atoms with E-state index in [1.165, 1.54) is 12.1 Å². The van der Waals surface area contributed by atoms with Gasteiger partial charge in [0.25, 0.3) is 0 Å². The summed E-state index contributed by atoms with van der Waals surface area (Å²) in [4.78, 5) is 8.37. The molecule has 0 amide bonds. The van der Waals surface area contributed by atoms with Crippen LogP contribution in [0.1, 0.15) is 12.5 Å². The molecule has 5 heteroatoms. The Balaban J connectivity index is 2.40. The van der Waals surface area contributed by atoms with Crippen LogP contribution in [0.5, 0.6) is 0 Å². The Labute approximate surface area is 142 Å². The quantitative estimate of drug-likeness (QED) is 0.555. The van der Waals surface area contributed by atoms with Gasteiger partial charge in [0, 0.05) is 26.3 Å². The zero-order chi connectivity index (χ0) is 17.0. The molecule has 0 aliphatic heterocycles. The third-order valence-corrected chi connectivity index (χ3v) is 4.03. The first-order valence-corrected chi connectivity index (χ1v) is 7.84. The van der Waals surface area contributed by atoms with Gasteiger partial charge in [-0.25, -0.2) is 9.38 Å². The molecule has 3 nitrogen and oxygen atoms in total. The van der Waals surface area contributed by atoms with Crippen molar-refractivity contribution in [3.8, 4) is 0 Å². The first kappa shape index (κ1) is 17.3. The molecule has 2 rings (SSSR count). The van der Waals surface area contributed by atoms with E-state index in [9.17, 15) is 4.39 Å². The highest BCUT2D eigenvalue weighted by Gasteiger charge is 2.13. The highest BCUT2D eigenvalue weighted by molar-refractivity contribution is 6.36. The monoisotopic (exact) mass is 333 g/mol. The van der Waals surface area contributed by atoms with Crippen LogP contribution in [0.25, 0.3) is 0 Å². The van der Waals surface area contributed by atoms with Gasteiger partial charge < -0.3 is 9.80 Å². The van der Waals surface area contributed by atoms with Crippen LogP contribution in [-0.4, -0.2) is 31.9 Å². The van der Waals surface area contributed by atoms with Crippen molar-refractivity contribution in [2.24, 2.45) is 4.99 Å².